The highest BCUT2D eigenvalue weighted by Crippen LogP contribution is 2.25. The zero-order chi connectivity index (χ0) is 14.0. The van der Waals surface area contributed by atoms with Gasteiger partial charge in [-0.3, -0.25) is 15.5 Å². The zero-order valence-electron chi connectivity index (χ0n) is 9.50. The average molecular weight is 261 g/mol. The van der Waals surface area contributed by atoms with Crippen molar-refractivity contribution in [1.82, 2.24) is 0 Å². The Hall–Kier alpha value is -2.83. The first-order chi connectivity index (χ1) is 9.06. The minimum atomic E-state index is -0.762. The normalized spacial score (nSPS) is 17.1. The number of halogens is 1. The summed E-state index contributed by atoms with van der Waals surface area (Å²) in [5.41, 5.74) is -1.17. The first-order valence-corrected chi connectivity index (χ1v) is 5.19. The molecule has 96 valence electrons. The van der Waals surface area contributed by atoms with Crippen LogP contribution in [0, 0.1) is 21.3 Å². The number of nitrogens with one attached hydrogen (secondary N) is 1. The monoisotopic (exact) mass is 261 g/mol. The van der Waals surface area contributed by atoms with Crippen LogP contribution >= 0.6 is 0 Å². The summed E-state index contributed by atoms with van der Waals surface area (Å²) < 4.78 is 13.7. The average Bonchev–Trinajstić information content (AvgIpc) is 2.38. The Morgan fingerprint density at radius 3 is 2.58 bits per heavy atom. The summed E-state index contributed by atoms with van der Waals surface area (Å²) in [5, 5.41) is 30.1. The second-order valence-electron chi connectivity index (χ2n) is 3.69. The summed E-state index contributed by atoms with van der Waals surface area (Å²) in [5.74, 6) is -0.569. The van der Waals surface area contributed by atoms with Crippen molar-refractivity contribution in [2.24, 2.45) is 5.16 Å². The van der Waals surface area contributed by atoms with Crippen LogP contribution in [0.4, 0.5) is 4.39 Å². The number of nitro groups is 1. The minimum absolute atomic E-state index is 0.110. The third-order valence-corrected chi connectivity index (χ3v) is 2.62. The molecule has 0 saturated carbocycles. The lowest BCUT2D eigenvalue weighted by Crippen LogP contribution is -2.24. The maximum atomic E-state index is 13.7. The SMILES string of the molecule is N=C1C([N+](=O)[O-])=CC=C(c2ccccc2F)/C1=N/O. The molecule has 1 aromatic carbocycles. The molecule has 0 unspecified atom stereocenters. The fourth-order valence-corrected chi connectivity index (χ4v) is 1.73. The molecule has 7 heteroatoms. The first kappa shape index (κ1) is 12.6. The number of benzene rings is 1. The van der Waals surface area contributed by atoms with Gasteiger partial charge < -0.3 is 5.21 Å². The molecule has 1 aliphatic carbocycles. The van der Waals surface area contributed by atoms with E-state index in [9.17, 15) is 14.5 Å². The van der Waals surface area contributed by atoms with E-state index in [1.54, 1.807) is 6.07 Å². The van der Waals surface area contributed by atoms with Gasteiger partial charge in [-0.2, -0.15) is 0 Å². The summed E-state index contributed by atoms with van der Waals surface area (Å²) >= 11 is 0. The van der Waals surface area contributed by atoms with Crippen molar-refractivity contribution < 1.29 is 14.5 Å². The molecule has 19 heavy (non-hydrogen) atoms. The molecule has 0 atom stereocenters. The van der Waals surface area contributed by atoms with Crippen molar-refractivity contribution in [2.75, 3.05) is 0 Å². The van der Waals surface area contributed by atoms with Gasteiger partial charge in [0.15, 0.2) is 5.71 Å². The Morgan fingerprint density at radius 1 is 1.32 bits per heavy atom. The fraction of sp³-hybridized carbons (Fsp3) is 0. The van der Waals surface area contributed by atoms with E-state index < -0.39 is 22.1 Å². The number of oxime groups is 1. The summed E-state index contributed by atoms with van der Waals surface area (Å²) in [7, 11) is 0. The molecule has 2 N–H and O–H groups in total. The van der Waals surface area contributed by atoms with Crippen LogP contribution in [0.2, 0.25) is 0 Å². The Balaban J connectivity index is 2.61. The van der Waals surface area contributed by atoms with Gasteiger partial charge in [0.25, 0.3) is 5.70 Å². The van der Waals surface area contributed by atoms with Crippen LogP contribution in [0.1, 0.15) is 5.56 Å². The van der Waals surface area contributed by atoms with Crippen LogP contribution in [0.25, 0.3) is 5.57 Å². The highest BCUT2D eigenvalue weighted by molar-refractivity contribution is 6.61. The molecule has 0 bridgehead atoms. The van der Waals surface area contributed by atoms with E-state index in [4.69, 9.17) is 10.6 Å². The van der Waals surface area contributed by atoms with Crippen molar-refractivity contribution in [3.63, 3.8) is 0 Å². The molecule has 0 aromatic heterocycles. The standard InChI is InChI=1S/C12H8FN3O3/c13-9-4-2-1-3-7(9)8-5-6-10(16(18)19)11(14)12(8)15-17/h1-6,14,17H/b14-11?,15-12-. The topological polar surface area (TPSA) is 99.6 Å². The quantitative estimate of drug-likeness (QED) is 0.369. The van der Waals surface area contributed by atoms with Gasteiger partial charge in [-0.25, -0.2) is 4.39 Å². The minimum Gasteiger partial charge on any atom is -0.410 e. The molecule has 0 aliphatic heterocycles. The van der Waals surface area contributed by atoms with Gasteiger partial charge in [-0.05, 0) is 12.1 Å². The molecule has 0 amide bonds. The Bertz CT molecular complexity index is 662. The Morgan fingerprint density at radius 2 is 2.00 bits per heavy atom. The smallest absolute Gasteiger partial charge is 0.296 e. The predicted octanol–water partition coefficient (Wildman–Crippen LogP) is 2.23. The van der Waals surface area contributed by atoms with Gasteiger partial charge >= 0.3 is 0 Å². The third kappa shape index (κ3) is 2.13. The van der Waals surface area contributed by atoms with E-state index in [0.717, 1.165) is 6.08 Å². The maximum Gasteiger partial charge on any atom is 0.296 e. The van der Waals surface area contributed by atoms with Crippen molar-refractivity contribution >= 4 is 17.0 Å². The highest BCUT2D eigenvalue weighted by Gasteiger charge is 2.30. The van der Waals surface area contributed by atoms with Gasteiger partial charge in [0.1, 0.15) is 11.5 Å². The zero-order valence-corrected chi connectivity index (χ0v) is 9.50. The third-order valence-electron chi connectivity index (χ3n) is 2.62. The van der Waals surface area contributed by atoms with Crippen LogP contribution in [0.15, 0.2) is 47.3 Å². The van der Waals surface area contributed by atoms with Crippen LogP contribution in [-0.2, 0) is 0 Å². The number of rotatable bonds is 2. The molecule has 1 aromatic rings. The van der Waals surface area contributed by atoms with Gasteiger partial charge in [-0.1, -0.05) is 23.4 Å². The molecule has 6 nitrogen and oxygen atoms in total. The van der Waals surface area contributed by atoms with Crippen molar-refractivity contribution in [1.29, 1.82) is 5.41 Å². The summed E-state index contributed by atoms with van der Waals surface area (Å²) in [6, 6.07) is 5.71. The van der Waals surface area contributed by atoms with Crippen molar-refractivity contribution in [3.05, 3.63) is 63.6 Å². The van der Waals surface area contributed by atoms with E-state index in [-0.39, 0.29) is 16.8 Å². The van der Waals surface area contributed by atoms with Crippen LogP contribution in [0.5, 0.6) is 0 Å². The first-order valence-electron chi connectivity index (χ1n) is 5.19. The second kappa shape index (κ2) is 4.81. The van der Waals surface area contributed by atoms with Crippen LogP contribution in [0.3, 0.4) is 0 Å². The lowest BCUT2D eigenvalue weighted by molar-refractivity contribution is -0.414. The molecule has 0 spiro atoms. The summed E-state index contributed by atoms with van der Waals surface area (Å²) in [4.78, 5) is 9.93. The van der Waals surface area contributed by atoms with E-state index in [2.05, 4.69) is 5.16 Å². The van der Waals surface area contributed by atoms with Gasteiger partial charge in [-0.15, -0.1) is 0 Å². The fourth-order valence-electron chi connectivity index (χ4n) is 1.73. The van der Waals surface area contributed by atoms with E-state index in [1.165, 1.54) is 24.3 Å². The van der Waals surface area contributed by atoms with E-state index in [0.29, 0.717) is 0 Å². The summed E-state index contributed by atoms with van der Waals surface area (Å²) in [6.45, 7) is 0. The maximum absolute atomic E-state index is 13.7. The van der Waals surface area contributed by atoms with Crippen molar-refractivity contribution in [2.45, 2.75) is 0 Å². The molecule has 1 aliphatic rings. The van der Waals surface area contributed by atoms with Crippen molar-refractivity contribution in [3.8, 4) is 0 Å². The number of hydrogen-bond acceptors (Lipinski definition) is 5. The van der Waals surface area contributed by atoms with Gasteiger partial charge in [0.2, 0.25) is 0 Å². The molecule has 0 heterocycles. The largest absolute Gasteiger partial charge is 0.410 e. The van der Waals surface area contributed by atoms with Gasteiger partial charge in [0, 0.05) is 17.2 Å². The second-order valence-corrected chi connectivity index (χ2v) is 3.69. The highest BCUT2D eigenvalue weighted by atomic mass is 19.1. The molecule has 0 saturated heterocycles. The molecule has 0 radical (unpaired) electrons. The Kier molecular flexibility index (Phi) is 3.19. The molecule has 2 rings (SSSR count). The Labute approximate surface area is 106 Å². The number of hydrogen-bond donors (Lipinski definition) is 2. The lowest BCUT2D eigenvalue weighted by atomic mass is 9.92. The summed E-state index contributed by atoms with van der Waals surface area (Å²) in [6.07, 6.45) is 2.34. The lowest BCUT2D eigenvalue weighted by Gasteiger charge is -2.13. The van der Waals surface area contributed by atoms with E-state index >= 15 is 0 Å². The number of allylic oxidation sites excluding steroid dienone is 4. The molecule has 0 fully saturated rings. The molecular weight excluding hydrogens is 253 g/mol. The predicted molar refractivity (Wildman–Crippen MR) is 66.4 cm³/mol. The van der Waals surface area contributed by atoms with Crippen LogP contribution < -0.4 is 0 Å². The van der Waals surface area contributed by atoms with Crippen LogP contribution in [-0.4, -0.2) is 21.6 Å². The molecular formula is C12H8FN3O3. The van der Waals surface area contributed by atoms with Gasteiger partial charge in [0.05, 0.1) is 4.92 Å². The number of nitrogens with zero attached hydrogens (tertiary/aromatic N) is 2. The van der Waals surface area contributed by atoms with E-state index in [1.807, 2.05) is 0 Å².